The van der Waals surface area contributed by atoms with Gasteiger partial charge < -0.3 is 16.0 Å². The Morgan fingerprint density at radius 1 is 1.57 bits per heavy atom. The van der Waals surface area contributed by atoms with Gasteiger partial charge in [-0.05, 0) is 25.0 Å². The number of hydrogen-bond donors (Lipinski definition) is 3. The van der Waals surface area contributed by atoms with Crippen molar-refractivity contribution >= 4 is 35.8 Å². The fourth-order valence-corrected chi connectivity index (χ4v) is 2.11. The summed E-state index contributed by atoms with van der Waals surface area (Å²) in [5.74, 6) is 0.853. The van der Waals surface area contributed by atoms with Crippen molar-refractivity contribution in [1.82, 2.24) is 20.9 Å². The van der Waals surface area contributed by atoms with Crippen LogP contribution in [0, 0.1) is 6.92 Å². The monoisotopic (exact) mass is 403 g/mol. The van der Waals surface area contributed by atoms with Crippen molar-refractivity contribution in [3.05, 3.63) is 29.6 Å². The Hall–Kier alpha value is -1.38. The number of aliphatic imine (C=N–C) groups is 1. The molecule has 1 aliphatic rings. The van der Waals surface area contributed by atoms with E-state index < -0.39 is 0 Å². The van der Waals surface area contributed by atoms with Crippen LogP contribution >= 0.6 is 24.0 Å². The fourth-order valence-electron chi connectivity index (χ4n) is 2.11. The van der Waals surface area contributed by atoms with Crippen LogP contribution in [0.5, 0.6) is 0 Å². The molecule has 1 saturated heterocycles. The van der Waals surface area contributed by atoms with E-state index in [0.717, 1.165) is 23.6 Å². The third-order valence-electron chi connectivity index (χ3n) is 3.37. The van der Waals surface area contributed by atoms with E-state index in [2.05, 4.69) is 25.9 Å². The minimum absolute atomic E-state index is 0. The molecule has 1 fully saturated rings. The normalized spacial score (nSPS) is 18.5. The Balaban J connectivity index is 0.00000220. The number of carbonyl (C=O) groups is 1. The SMILES string of the molecule is CN=C(NCc1ncccc1C)NC1CCC(=O)NC1.I. The molecule has 1 aromatic rings. The minimum Gasteiger partial charge on any atom is -0.354 e. The molecule has 21 heavy (non-hydrogen) atoms. The van der Waals surface area contributed by atoms with Crippen molar-refractivity contribution in [1.29, 1.82) is 0 Å². The van der Waals surface area contributed by atoms with Crippen LogP contribution in [-0.2, 0) is 11.3 Å². The number of rotatable bonds is 3. The maximum atomic E-state index is 11.1. The number of guanidine groups is 1. The number of nitrogens with zero attached hydrogens (tertiary/aromatic N) is 2. The average molecular weight is 403 g/mol. The van der Waals surface area contributed by atoms with E-state index in [1.165, 1.54) is 0 Å². The van der Waals surface area contributed by atoms with E-state index in [9.17, 15) is 4.79 Å². The summed E-state index contributed by atoms with van der Waals surface area (Å²) in [7, 11) is 1.74. The number of halogens is 1. The lowest BCUT2D eigenvalue weighted by Gasteiger charge is -2.25. The predicted octanol–water partition coefficient (Wildman–Crippen LogP) is 0.952. The fraction of sp³-hybridized carbons (Fsp3) is 0.500. The summed E-state index contributed by atoms with van der Waals surface area (Å²) in [5, 5.41) is 9.41. The van der Waals surface area contributed by atoms with Crippen molar-refractivity contribution in [3.63, 3.8) is 0 Å². The lowest BCUT2D eigenvalue weighted by molar-refractivity contribution is -0.122. The molecular formula is C14H22IN5O. The van der Waals surface area contributed by atoms with Crippen LogP contribution < -0.4 is 16.0 Å². The van der Waals surface area contributed by atoms with E-state index >= 15 is 0 Å². The second-order valence-corrected chi connectivity index (χ2v) is 4.88. The molecule has 2 rings (SSSR count). The highest BCUT2D eigenvalue weighted by Gasteiger charge is 2.18. The Morgan fingerprint density at radius 2 is 2.38 bits per heavy atom. The van der Waals surface area contributed by atoms with E-state index in [1.807, 2.05) is 19.1 Å². The molecule has 3 N–H and O–H groups in total. The Bertz CT molecular complexity index is 496. The zero-order valence-electron chi connectivity index (χ0n) is 12.3. The van der Waals surface area contributed by atoms with E-state index in [1.54, 1.807) is 13.2 Å². The summed E-state index contributed by atoms with van der Waals surface area (Å²) in [6.45, 7) is 3.31. The first-order chi connectivity index (χ1) is 9.69. The molecule has 0 bridgehead atoms. The molecule has 6 nitrogen and oxygen atoms in total. The third-order valence-corrected chi connectivity index (χ3v) is 3.37. The molecule has 2 heterocycles. The van der Waals surface area contributed by atoms with Gasteiger partial charge in [0.1, 0.15) is 0 Å². The van der Waals surface area contributed by atoms with Gasteiger partial charge in [0, 0.05) is 32.3 Å². The quantitative estimate of drug-likeness (QED) is 0.399. The van der Waals surface area contributed by atoms with Crippen molar-refractivity contribution in [3.8, 4) is 0 Å². The van der Waals surface area contributed by atoms with Gasteiger partial charge in [-0.1, -0.05) is 6.07 Å². The lowest BCUT2D eigenvalue weighted by atomic mass is 10.1. The highest BCUT2D eigenvalue weighted by Crippen LogP contribution is 2.04. The second-order valence-electron chi connectivity index (χ2n) is 4.88. The van der Waals surface area contributed by atoms with Gasteiger partial charge in [-0.15, -0.1) is 24.0 Å². The Kier molecular flexibility index (Phi) is 7.41. The highest BCUT2D eigenvalue weighted by molar-refractivity contribution is 14.0. The number of amides is 1. The van der Waals surface area contributed by atoms with Crippen LogP contribution in [0.4, 0.5) is 0 Å². The molecule has 7 heteroatoms. The summed E-state index contributed by atoms with van der Waals surface area (Å²) in [6.07, 6.45) is 3.18. The number of aromatic nitrogens is 1. The second kappa shape index (κ2) is 8.81. The van der Waals surface area contributed by atoms with Gasteiger partial charge in [-0.2, -0.15) is 0 Å². The summed E-state index contributed by atoms with van der Waals surface area (Å²) < 4.78 is 0. The highest BCUT2D eigenvalue weighted by atomic mass is 127. The molecule has 0 aromatic carbocycles. The van der Waals surface area contributed by atoms with Crippen LogP contribution in [0.15, 0.2) is 23.3 Å². The summed E-state index contributed by atoms with van der Waals surface area (Å²) in [6, 6.07) is 4.19. The van der Waals surface area contributed by atoms with Crippen LogP contribution in [-0.4, -0.2) is 36.5 Å². The summed E-state index contributed by atoms with van der Waals surface area (Å²) >= 11 is 0. The van der Waals surface area contributed by atoms with Gasteiger partial charge in [0.2, 0.25) is 5.91 Å². The molecule has 1 amide bonds. The minimum atomic E-state index is 0. The molecule has 1 aromatic heterocycles. The third kappa shape index (κ3) is 5.49. The number of piperidine rings is 1. The molecule has 0 saturated carbocycles. The van der Waals surface area contributed by atoms with E-state index in [4.69, 9.17) is 0 Å². The molecule has 1 aliphatic heterocycles. The van der Waals surface area contributed by atoms with Crippen LogP contribution in [0.25, 0.3) is 0 Å². The Morgan fingerprint density at radius 3 is 3.00 bits per heavy atom. The first kappa shape index (κ1) is 17.7. The molecule has 0 spiro atoms. The standard InChI is InChI=1S/C14H21N5O.HI/c1-10-4-3-7-16-12(10)9-18-14(15-2)19-11-5-6-13(20)17-8-11;/h3-4,7,11H,5-6,8-9H2,1-2H3,(H,17,20)(H2,15,18,19);1H. The van der Waals surface area contributed by atoms with Crippen LogP contribution in [0.2, 0.25) is 0 Å². The predicted molar refractivity (Wildman–Crippen MR) is 93.8 cm³/mol. The summed E-state index contributed by atoms with van der Waals surface area (Å²) in [5.41, 5.74) is 2.16. The van der Waals surface area contributed by atoms with Gasteiger partial charge in [0.15, 0.2) is 5.96 Å². The molecular weight excluding hydrogens is 381 g/mol. The maximum Gasteiger partial charge on any atom is 0.220 e. The van der Waals surface area contributed by atoms with E-state index in [0.29, 0.717) is 19.5 Å². The van der Waals surface area contributed by atoms with Crippen molar-refractivity contribution in [2.75, 3.05) is 13.6 Å². The summed E-state index contributed by atoms with van der Waals surface area (Å²) in [4.78, 5) is 19.7. The van der Waals surface area contributed by atoms with Gasteiger partial charge >= 0.3 is 0 Å². The number of hydrogen-bond acceptors (Lipinski definition) is 3. The maximum absolute atomic E-state index is 11.1. The molecule has 0 radical (unpaired) electrons. The largest absolute Gasteiger partial charge is 0.354 e. The van der Waals surface area contributed by atoms with Crippen LogP contribution in [0.1, 0.15) is 24.1 Å². The van der Waals surface area contributed by atoms with Gasteiger partial charge in [-0.25, -0.2) is 0 Å². The van der Waals surface area contributed by atoms with Gasteiger partial charge in [0.25, 0.3) is 0 Å². The lowest BCUT2D eigenvalue weighted by Crippen LogP contribution is -2.51. The number of pyridine rings is 1. The smallest absolute Gasteiger partial charge is 0.220 e. The average Bonchev–Trinajstić information content (AvgIpc) is 2.47. The molecule has 116 valence electrons. The number of aryl methyl sites for hydroxylation is 1. The molecule has 0 aliphatic carbocycles. The molecule has 1 unspecified atom stereocenters. The zero-order chi connectivity index (χ0) is 14.4. The van der Waals surface area contributed by atoms with Crippen molar-refractivity contribution in [2.24, 2.45) is 4.99 Å². The first-order valence-electron chi connectivity index (χ1n) is 6.83. The van der Waals surface area contributed by atoms with Crippen molar-refractivity contribution < 1.29 is 4.79 Å². The van der Waals surface area contributed by atoms with Crippen molar-refractivity contribution in [2.45, 2.75) is 32.4 Å². The number of nitrogens with one attached hydrogen (secondary N) is 3. The Labute approximate surface area is 142 Å². The molecule has 1 atom stereocenters. The van der Waals surface area contributed by atoms with Gasteiger partial charge in [0.05, 0.1) is 12.2 Å². The topological polar surface area (TPSA) is 78.4 Å². The first-order valence-corrected chi connectivity index (χ1v) is 6.83. The zero-order valence-corrected chi connectivity index (χ0v) is 14.7. The van der Waals surface area contributed by atoms with Crippen LogP contribution in [0.3, 0.4) is 0 Å². The van der Waals surface area contributed by atoms with Gasteiger partial charge in [-0.3, -0.25) is 14.8 Å². The number of carbonyl (C=O) groups excluding carboxylic acids is 1. The van der Waals surface area contributed by atoms with E-state index in [-0.39, 0.29) is 35.9 Å².